The Balaban J connectivity index is 1.61. The van der Waals surface area contributed by atoms with Crippen molar-refractivity contribution in [2.75, 3.05) is 11.1 Å². The first-order valence-electron chi connectivity index (χ1n) is 7.44. The van der Waals surface area contributed by atoms with Gasteiger partial charge in [0.2, 0.25) is 11.8 Å². The third kappa shape index (κ3) is 4.22. The van der Waals surface area contributed by atoms with Crippen molar-refractivity contribution in [3.05, 3.63) is 58.4 Å². The summed E-state index contributed by atoms with van der Waals surface area (Å²) in [5.41, 5.74) is 1.77. The van der Waals surface area contributed by atoms with Gasteiger partial charge in [-0.2, -0.15) is 0 Å². The summed E-state index contributed by atoms with van der Waals surface area (Å²) in [6.45, 7) is 1.76. The Morgan fingerprint density at radius 2 is 2.04 bits per heavy atom. The minimum Gasteiger partial charge on any atom is -0.411 e. The monoisotopic (exact) mass is 371 g/mol. The van der Waals surface area contributed by atoms with Crippen molar-refractivity contribution in [1.82, 2.24) is 15.2 Å². The summed E-state index contributed by atoms with van der Waals surface area (Å²) in [4.78, 5) is 26.3. The van der Waals surface area contributed by atoms with Crippen molar-refractivity contribution < 1.29 is 14.1 Å². The van der Waals surface area contributed by atoms with E-state index in [0.29, 0.717) is 11.6 Å². The van der Waals surface area contributed by atoms with Gasteiger partial charge in [0, 0.05) is 30.1 Å². The number of nitro groups is 1. The highest BCUT2D eigenvalue weighted by Crippen LogP contribution is 2.24. The largest absolute Gasteiger partial charge is 0.411 e. The molecule has 2 heterocycles. The first-order chi connectivity index (χ1) is 12.5. The van der Waals surface area contributed by atoms with Gasteiger partial charge < -0.3 is 9.73 Å². The van der Waals surface area contributed by atoms with Gasteiger partial charge in [0.25, 0.3) is 10.9 Å². The van der Waals surface area contributed by atoms with Crippen molar-refractivity contribution in [1.29, 1.82) is 0 Å². The molecular weight excluding hydrogens is 358 g/mol. The van der Waals surface area contributed by atoms with Crippen LogP contribution in [0.4, 0.5) is 11.4 Å². The van der Waals surface area contributed by atoms with Gasteiger partial charge >= 0.3 is 0 Å². The predicted octanol–water partition coefficient (Wildman–Crippen LogP) is 3.08. The second-order valence-electron chi connectivity index (χ2n) is 5.20. The summed E-state index contributed by atoms with van der Waals surface area (Å²) < 4.78 is 5.49. The number of amides is 1. The Labute approximate surface area is 152 Å². The van der Waals surface area contributed by atoms with Crippen LogP contribution >= 0.6 is 11.8 Å². The molecule has 0 bridgehead atoms. The second-order valence-corrected chi connectivity index (χ2v) is 6.13. The van der Waals surface area contributed by atoms with E-state index in [0.717, 1.165) is 22.9 Å². The van der Waals surface area contributed by atoms with E-state index < -0.39 is 4.92 Å². The van der Waals surface area contributed by atoms with Crippen LogP contribution < -0.4 is 5.32 Å². The number of hydrogen-bond donors (Lipinski definition) is 1. The van der Waals surface area contributed by atoms with Crippen LogP contribution in [-0.4, -0.2) is 31.8 Å². The molecule has 0 aliphatic carbocycles. The fourth-order valence-corrected chi connectivity index (χ4v) is 2.61. The lowest BCUT2D eigenvalue weighted by atomic mass is 10.2. The van der Waals surface area contributed by atoms with Crippen LogP contribution in [0.25, 0.3) is 11.5 Å². The van der Waals surface area contributed by atoms with Crippen molar-refractivity contribution in [2.45, 2.75) is 12.1 Å². The molecule has 3 aromatic rings. The molecule has 0 aliphatic heterocycles. The van der Waals surface area contributed by atoms with Gasteiger partial charge in [-0.25, -0.2) is 0 Å². The molecule has 1 N–H and O–H groups in total. The number of rotatable bonds is 6. The molecule has 0 saturated carbocycles. The maximum absolute atomic E-state index is 12.1. The zero-order chi connectivity index (χ0) is 18.5. The lowest BCUT2D eigenvalue weighted by Gasteiger charge is -2.07. The average Bonchev–Trinajstić information content (AvgIpc) is 3.11. The van der Waals surface area contributed by atoms with E-state index in [9.17, 15) is 14.9 Å². The molecular formula is C16H13N5O4S. The van der Waals surface area contributed by atoms with Crippen molar-refractivity contribution >= 4 is 29.0 Å². The summed E-state index contributed by atoms with van der Waals surface area (Å²) in [6.07, 6.45) is 3.22. The lowest BCUT2D eigenvalue weighted by Crippen LogP contribution is -2.15. The number of pyridine rings is 1. The highest BCUT2D eigenvalue weighted by Gasteiger charge is 2.14. The molecule has 1 amide bonds. The molecule has 9 nitrogen and oxygen atoms in total. The topological polar surface area (TPSA) is 124 Å². The molecule has 132 valence electrons. The number of aryl methyl sites for hydroxylation is 1. The van der Waals surface area contributed by atoms with Crippen molar-refractivity contribution in [3.8, 4) is 11.5 Å². The summed E-state index contributed by atoms with van der Waals surface area (Å²) >= 11 is 1.08. The smallest absolute Gasteiger partial charge is 0.277 e. The van der Waals surface area contributed by atoms with Crippen LogP contribution in [0.2, 0.25) is 0 Å². The molecule has 0 radical (unpaired) electrons. The van der Waals surface area contributed by atoms with E-state index in [4.69, 9.17) is 4.42 Å². The Morgan fingerprint density at radius 3 is 2.77 bits per heavy atom. The third-order valence-corrected chi connectivity index (χ3v) is 4.18. The first-order valence-corrected chi connectivity index (χ1v) is 8.43. The molecule has 0 unspecified atom stereocenters. The summed E-state index contributed by atoms with van der Waals surface area (Å²) in [7, 11) is 0. The Kier molecular flexibility index (Phi) is 5.23. The number of thioether (sulfide) groups is 1. The first kappa shape index (κ1) is 17.5. The molecule has 10 heteroatoms. The normalized spacial score (nSPS) is 10.5. The van der Waals surface area contributed by atoms with Crippen LogP contribution in [0, 0.1) is 17.0 Å². The number of nitro benzene ring substituents is 1. The Bertz CT molecular complexity index is 945. The van der Waals surface area contributed by atoms with Crippen LogP contribution in [0.5, 0.6) is 0 Å². The molecule has 0 saturated heterocycles. The van der Waals surface area contributed by atoms with Crippen LogP contribution in [-0.2, 0) is 4.79 Å². The number of benzene rings is 1. The molecule has 1 aromatic carbocycles. The molecule has 0 fully saturated rings. The highest BCUT2D eigenvalue weighted by atomic mass is 32.2. The quantitative estimate of drug-likeness (QED) is 0.398. The Morgan fingerprint density at radius 1 is 1.27 bits per heavy atom. The minimum atomic E-state index is -0.511. The van der Waals surface area contributed by atoms with Crippen LogP contribution in [0.3, 0.4) is 0 Å². The summed E-state index contributed by atoms with van der Waals surface area (Å²) in [6, 6.07) is 7.77. The zero-order valence-electron chi connectivity index (χ0n) is 13.6. The van der Waals surface area contributed by atoms with E-state index in [1.807, 2.05) is 0 Å². The van der Waals surface area contributed by atoms with Gasteiger partial charge in [-0.1, -0.05) is 17.8 Å². The number of nitrogens with zero attached hydrogens (tertiary/aromatic N) is 4. The second kappa shape index (κ2) is 7.74. The summed E-state index contributed by atoms with van der Waals surface area (Å²) in [5, 5.41) is 21.5. The van der Waals surface area contributed by atoms with Crippen LogP contribution in [0.15, 0.2) is 52.4 Å². The number of anilines is 1. The van der Waals surface area contributed by atoms with Crippen LogP contribution in [0.1, 0.15) is 5.56 Å². The maximum Gasteiger partial charge on any atom is 0.277 e. The minimum absolute atomic E-state index is 0.0279. The number of carbonyl (C=O) groups is 1. The fraction of sp³-hybridized carbons (Fsp3) is 0.125. The number of non-ortho nitro benzene ring substituents is 1. The van der Waals surface area contributed by atoms with E-state index >= 15 is 0 Å². The predicted molar refractivity (Wildman–Crippen MR) is 94.7 cm³/mol. The molecule has 0 spiro atoms. The van der Waals surface area contributed by atoms with Gasteiger partial charge in [0.15, 0.2) is 0 Å². The molecule has 2 aromatic heterocycles. The highest BCUT2D eigenvalue weighted by molar-refractivity contribution is 7.99. The van der Waals surface area contributed by atoms with Gasteiger partial charge in [-0.15, -0.1) is 10.2 Å². The Hall–Kier alpha value is -3.27. The third-order valence-electron chi connectivity index (χ3n) is 3.37. The van der Waals surface area contributed by atoms with E-state index in [2.05, 4.69) is 20.5 Å². The van der Waals surface area contributed by atoms with E-state index in [1.165, 1.54) is 12.1 Å². The molecule has 0 aliphatic rings. The maximum atomic E-state index is 12.1. The zero-order valence-corrected chi connectivity index (χ0v) is 14.4. The standard InChI is InChI=1S/C16H13N5O4S/c1-10-2-3-12(21(23)24)8-13(10)18-14(22)9-26-16-20-19-15(25-16)11-4-6-17-7-5-11/h2-8H,9H2,1H3,(H,18,22). The van der Waals surface area contributed by atoms with Crippen molar-refractivity contribution in [2.24, 2.45) is 0 Å². The SMILES string of the molecule is Cc1ccc([N+](=O)[O-])cc1NC(=O)CSc1nnc(-c2ccncc2)o1. The number of hydrogen-bond acceptors (Lipinski definition) is 8. The lowest BCUT2D eigenvalue weighted by molar-refractivity contribution is -0.384. The molecule has 3 rings (SSSR count). The van der Waals surface area contributed by atoms with Gasteiger partial charge in [0.1, 0.15) is 0 Å². The van der Waals surface area contributed by atoms with Gasteiger partial charge in [-0.3, -0.25) is 19.9 Å². The molecule has 0 atom stereocenters. The van der Waals surface area contributed by atoms with Gasteiger partial charge in [-0.05, 0) is 24.6 Å². The summed E-state index contributed by atoms with van der Waals surface area (Å²) in [5.74, 6) is 0.0345. The number of nitrogens with one attached hydrogen (secondary N) is 1. The van der Waals surface area contributed by atoms with Crippen molar-refractivity contribution in [3.63, 3.8) is 0 Å². The van der Waals surface area contributed by atoms with E-state index in [1.54, 1.807) is 37.5 Å². The number of carbonyl (C=O) groups excluding carboxylic acids is 1. The van der Waals surface area contributed by atoms with E-state index in [-0.39, 0.29) is 22.6 Å². The fourth-order valence-electron chi connectivity index (χ4n) is 2.05. The molecule has 26 heavy (non-hydrogen) atoms. The van der Waals surface area contributed by atoms with Gasteiger partial charge in [0.05, 0.1) is 16.4 Å². The number of aromatic nitrogens is 3. The average molecular weight is 371 g/mol.